The first-order valence-electron chi connectivity index (χ1n) is 11.4. The molecule has 1 unspecified atom stereocenters. The van der Waals surface area contributed by atoms with Gasteiger partial charge in [-0.3, -0.25) is 0 Å². The molecule has 1 atom stereocenters. The number of aliphatic carboxylic acids is 1. The molecule has 0 aliphatic carbocycles. The summed E-state index contributed by atoms with van der Waals surface area (Å²) in [6, 6.07) is 14.4. The molecule has 0 bridgehead atoms. The minimum absolute atomic E-state index is 0.337. The van der Waals surface area contributed by atoms with Gasteiger partial charge in [-0.15, -0.1) is 11.3 Å². The highest BCUT2D eigenvalue weighted by Gasteiger charge is 2.18. The molecule has 0 amide bonds. The molecule has 2 aromatic carbocycles. The molecule has 5 nitrogen and oxygen atoms in total. The van der Waals surface area contributed by atoms with Gasteiger partial charge in [-0.1, -0.05) is 50.2 Å². The highest BCUT2D eigenvalue weighted by Crippen LogP contribution is 2.29. The molecular weight excluding hydrogens is 434 g/mol. The zero-order valence-electron chi connectivity index (χ0n) is 20.1. The normalized spacial score (nSPS) is 12.2. The van der Waals surface area contributed by atoms with Crippen LogP contribution in [-0.4, -0.2) is 35.4 Å². The number of rotatable bonds is 11. The lowest BCUT2D eigenvalue weighted by Crippen LogP contribution is -2.26. The summed E-state index contributed by atoms with van der Waals surface area (Å²) in [4.78, 5) is 17.4. The van der Waals surface area contributed by atoms with Gasteiger partial charge in [0.05, 0.1) is 12.3 Å². The van der Waals surface area contributed by atoms with E-state index >= 15 is 0 Å². The van der Waals surface area contributed by atoms with E-state index in [0.717, 1.165) is 39.6 Å². The Bertz CT molecular complexity index is 1070. The van der Waals surface area contributed by atoms with Gasteiger partial charge in [0.1, 0.15) is 10.8 Å². The molecule has 3 aromatic rings. The van der Waals surface area contributed by atoms with Crippen molar-refractivity contribution in [2.24, 2.45) is 0 Å². The van der Waals surface area contributed by atoms with Crippen molar-refractivity contribution < 1.29 is 19.4 Å². The summed E-state index contributed by atoms with van der Waals surface area (Å²) < 4.78 is 11.3. The number of aryl methyl sites for hydroxylation is 2. The summed E-state index contributed by atoms with van der Waals surface area (Å²) in [5.74, 6) is 0.383. The fourth-order valence-corrected chi connectivity index (χ4v) is 4.65. The van der Waals surface area contributed by atoms with E-state index in [1.54, 1.807) is 18.3 Å². The number of hydrogen-bond donors (Lipinski definition) is 1. The van der Waals surface area contributed by atoms with E-state index in [4.69, 9.17) is 14.5 Å². The molecular formula is C27H33NO4S. The van der Waals surface area contributed by atoms with Crippen LogP contribution in [0.15, 0.2) is 42.5 Å². The van der Waals surface area contributed by atoms with Crippen molar-refractivity contribution in [1.82, 2.24) is 4.98 Å². The van der Waals surface area contributed by atoms with Gasteiger partial charge in [-0.25, -0.2) is 9.78 Å². The van der Waals surface area contributed by atoms with Crippen molar-refractivity contribution in [3.63, 3.8) is 0 Å². The Balaban J connectivity index is 1.59. The molecule has 176 valence electrons. The Morgan fingerprint density at radius 3 is 2.45 bits per heavy atom. The first-order chi connectivity index (χ1) is 15.8. The Morgan fingerprint density at radius 2 is 1.85 bits per heavy atom. The summed E-state index contributed by atoms with van der Waals surface area (Å²) in [7, 11) is 0. The first-order valence-corrected chi connectivity index (χ1v) is 12.2. The van der Waals surface area contributed by atoms with Crippen LogP contribution in [0.3, 0.4) is 0 Å². The maximum Gasteiger partial charge on any atom is 0.333 e. The minimum atomic E-state index is -0.941. The number of aromatic nitrogens is 1. The van der Waals surface area contributed by atoms with Gasteiger partial charge in [0.15, 0.2) is 6.10 Å². The smallest absolute Gasteiger partial charge is 0.333 e. The molecule has 0 aliphatic heterocycles. The zero-order chi connectivity index (χ0) is 24.0. The average molecular weight is 468 g/mol. The summed E-state index contributed by atoms with van der Waals surface area (Å²) in [6.07, 6.45) is 0.243. The van der Waals surface area contributed by atoms with Crippen LogP contribution in [0.2, 0.25) is 0 Å². The number of carbonyl (C=O) groups is 1. The number of nitrogens with zero attached hydrogens (tertiary/aromatic N) is 1. The second kappa shape index (κ2) is 11.4. The predicted octanol–water partition coefficient (Wildman–Crippen LogP) is 6.20. The fraction of sp³-hybridized carbons (Fsp3) is 0.407. The molecule has 1 N–H and O–H groups in total. The maximum atomic E-state index is 11.3. The van der Waals surface area contributed by atoms with Crippen LogP contribution in [-0.2, 0) is 22.4 Å². The van der Waals surface area contributed by atoms with Gasteiger partial charge in [0, 0.05) is 29.9 Å². The highest BCUT2D eigenvalue weighted by atomic mass is 32.1. The standard InChI is InChI=1S/C27H33NO4S/c1-6-31-25(27(29)30)16-20-7-12-24(18(4)15-20)32-14-13-23-19(5)33-26(28-23)22-10-8-21(9-11-22)17(2)3/h7-12,15,17,25H,6,13-14,16H2,1-5H3,(H,29,30). The monoisotopic (exact) mass is 467 g/mol. The van der Waals surface area contributed by atoms with Crippen molar-refractivity contribution in [2.45, 2.75) is 59.5 Å². The van der Waals surface area contributed by atoms with Gasteiger partial charge >= 0.3 is 5.97 Å². The van der Waals surface area contributed by atoms with Gasteiger partial charge in [0.2, 0.25) is 0 Å². The zero-order valence-corrected chi connectivity index (χ0v) is 20.9. The number of carboxylic acids is 1. The van der Waals surface area contributed by atoms with Crippen LogP contribution in [0.25, 0.3) is 10.6 Å². The SMILES string of the molecule is CCOC(Cc1ccc(OCCc2nc(-c3ccc(C(C)C)cc3)sc2C)c(C)c1)C(=O)O. The quantitative estimate of drug-likeness (QED) is 0.363. The van der Waals surface area contributed by atoms with Crippen LogP contribution in [0.1, 0.15) is 54.0 Å². The van der Waals surface area contributed by atoms with Crippen molar-refractivity contribution in [3.05, 3.63) is 69.7 Å². The van der Waals surface area contributed by atoms with Gasteiger partial charge in [-0.05, 0) is 49.4 Å². The Labute approximate surface area is 200 Å². The third-order valence-corrected chi connectivity index (χ3v) is 6.68. The maximum absolute atomic E-state index is 11.3. The lowest BCUT2D eigenvalue weighted by Gasteiger charge is -2.14. The van der Waals surface area contributed by atoms with Crippen LogP contribution >= 0.6 is 11.3 Å². The van der Waals surface area contributed by atoms with E-state index in [1.165, 1.54) is 10.4 Å². The van der Waals surface area contributed by atoms with Crippen molar-refractivity contribution in [3.8, 4) is 16.3 Å². The molecule has 1 aromatic heterocycles. The van der Waals surface area contributed by atoms with E-state index in [-0.39, 0.29) is 0 Å². The van der Waals surface area contributed by atoms with Crippen LogP contribution in [0.4, 0.5) is 0 Å². The molecule has 0 fully saturated rings. The molecule has 0 radical (unpaired) electrons. The topological polar surface area (TPSA) is 68.7 Å². The Hall–Kier alpha value is -2.70. The molecule has 1 heterocycles. The molecule has 3 rings (SSSR count). The molecule has 0 saturated carbocycles. The lowest BCUT2D eigenvalue weighted by atomic mass is 10.0. The summed E-state index contributed by atoms with van der Waals surface area (Å²) >= 11 is 1.72. The van der Waals surface area contributed by atoms with Crippen molar-refractivity contribution >= 4 is 17.3 Å². The summed E-state index contributed by atoms with van der Waals surface area (Å²) in [5, 5.41) is 10.3. The van der Waals surface area contributed by atoms with E-state index < -0.39 is 12.1 Å². The Kier molecular flexibility index (Phi) is 8.64. The predicted molar refractivity (Wildman–Crippen MR) is 134 cm³/mol. The molecule has 0 spiro atoms. The average Bonchev–Trinajstić information content (AvgIpc) is 3.15. The highest BCUT2D eigenvalue weighted by molar-refractivity contribution is 7.15. The molecule has 33 heavy (non-hydrogen) atoms. The van der Waals surface area contributed by atoms with Crippen molar-refractivity contribution in [2.75, 3.05) is 13.2 Å². The number of carboxylic acid groups (broad SMARTS) is 1. The van der Waals surface area contributed by atoms with E-state index in [2.05, 4.69) is 45.0 Å². The minimum Gasteiger partial charge on any atom is -0.493 e. The van der Waals surface area contributed by atoms with E-state index in [1.807, 2.05) is 25.1 Å². The molecule has 6 heteroatoms. The van der Waals surface area contributed by atoms with Gasteiger partial charge in [0.25, 0.3) is 0 Å². The second-order valence-corrected chi connectivity index (χ2v) is 9.69. The number of ether oxygens (including phenoxy) is 2. The molecule has 0 saturated heterocycles. The fourth-order valence-electron chi connectivity index (χ4n) is 3.68. The van der Waals surface area contributed by atoms with Crippen LogP contribution in [0, 0.1) is 13.8 Å². The van der Waals surface area contributed by atoms with E-state index in [0.29, 0.717) is 25.6 Å². The second-order valence-electron chi connectivity index (χ2n) is 8.48. The number of thiazole rings is 1. The lowest BCUT2D eigenvalue weighted by molar-refractivity contribution is -0.149. The van der Waals surface area contributed by atoms with Crippen LogP contribution in [0.5, 0.6) is 5.75 Å². The van der Waals surface area contributed by atoms with E-state index in [9.17, 15) is 9.90 Å². The Morgan fingerprint density at radius 1 is 1.12 bits per heavy atom. The summed E-state index contributed by atoms with van der Waals surface area (Å²) in [6.45, 7) is 11.2. The first kappa shape index (κ1) is 24.9. The largest absolute Gasteiger partial charge is 0.493 e. The summed E-state index contributed by atoms with van der Waals surface area (Å²) in [5.41, 5.74) is 5.45. The van der Waals surface area contributed by atoms with Crippen LogP contribution < -0.4 is 4.74 Å². The third kappa shape index (κ3) is 6.65. The number of hydrogen-bond acceptors (Lipinski definition) is 5. The van der Waals surface area contributed by atoms with Gasteiger partial charge in [-0.2, -0.15) is 0 Å². The van der Waals surface area contributed by atoms with Gasteiger partial charge < -0.3 is 14.6 Å². The molecule has 0 aliphatic rings. The number of benzene rings is 2. The van der Waals surface area contributed by atoms with Crippen molar-refractivity contribution in [1.29, 1.82) is 0 Å². The third-order valence-electron chi connectivity index (χ3n) is 5.62.